The lowest BCUT2D eigenvalue weighted by molar-refractivity contribution is 0.142. The lowest BCUT2D eigenvalue weighted by Gasteiger charge is -2.26. The zero-order chi connectivity index (χ0) is 12.2. The number of hydrogen-bond donors (Lipinski definition) is 1. The molecule has 0 spiro atoms. The summed E-state index contributed by atoms with van der Waals surface area (Å²) in [5.74, 6) is 0. The summed E-state index contributed by atoms with van der Waals surface area (Å²) in [6.45, 7) is 2.07. The molecular weight excluding hydrogens is 311 g/mol. The van der Waals surface area contributed by atoms with Gasteiger partial charge in [-0.25, -0.2) is 0 Å². The molecule has 0 aliphatic carbocycles. The Bertz CT molecular complexity index is 324. The molecule has 0 radical (unpaired) electrons. The molecule has 1 atom stereocenters. The first-order chi connectivity index (χ1) is 7.48. The molecule has 1 aromatic carbocycles. The summed E-state index contributed by atoms with van der Waals surface area (Å²) in [5.41, 5.74) is 0.725. The summed E-state index contributed by atoms with van der Waals surface area (Å²) in [4.78, 5) is 0. The summed E-state index contributed by atoms with van der Waals surface area (Å²) in [6, 6.07) is 7.36. The van der Waals surface area contributed by atoms with Crippen molar-refractivity contribution in [3.8, 4) is 0 Å². The van der Waals surface area contributed by atoms with E-state index in [4.69, 9.17) is 23.2 Å². The lowest BCUT2D eigenvalue weighted by atomic mass is 10.0. The van der Waals surface area contributed by atoms with E-state index in [1.165, 1.54) is 0 Å². The Balaban J connectivity index is 2.79. The fourth-order valence-corrected chi connectivity index (χ4v) is 2.18. The molecule has 0 fully saturated rings. The Kier molecular flexibility index (Phi) is 5.58. The third-order valence-electron chi connectivity index (χ3n) is 2.48. The van der Waals surface area contributed by atoms with Gasteiger partial charge in [0.25, 0.3) is 0 Å². The minimum absolute atomic E-state index is 0.611. The van der Waals surface area contributed by atoms with Gasteiger partial charge < -0.3 is 5.11 Å². The van der Waals surface area contributed by atoms with Crippen molar-refractivity contribution in [1.29, 1.82) is 0 Å². The zero-order valence-corrected chi connectivity index (χ0v) is 12.2. The van der Waals surface area contributed by atoms with Crippen LogP contribution in [0.3, 0.4) is 0 Å². The van der Waals surface area contributed by atoms with Gasteiger partial charge in [0.15, 0.2) is 4.33 Å². The minimum Gasteiger partial charge on any atom is -0.390 e. The Hall–Kier alpha value is 0.240. The van der Waals surface area contributed by atoms with Crippen molar-refractivity contribution in [2.75, 3.05) is 0 Å². The van der Waals surface area contributed by atoms with Gasteiger partial charge in [-0.1, -0.05) is 71.0 Å². The Labute approximate surface area is 115 Å². The highest BCUT2D eigenvalue weighted by Crippen LogP contribution is 2.39. The van der Waals surface area contributed by atoms with E-state index in [-0.39, 0.29) is 0 Å². The highest BCUT2D eigenvalue weighted by atomic mass is 79.9. The number of unbranched alkanes of at least 4 members (excludes halogenated alkanes) is 1. The van der Waals surface area contributed by atoms with Gasteiger partial charge in [-0.05, 0) is 24.1 Å². The van der Waals surface area contributed by atoms with E-state index in [1.807, 2.05) is 24.3 Å². The van der Waals surface area contributed by atoms with Crippen LogP contribution >= 0.6 is 39.1 Å². The zero-order valence-electron chi connectivity index (χ0n) is 9.09. The van der Waals surface area contributed by atoms with Crippen LogP contribution in [0.2, 0.25) is 0 Å². The van der Waals surface area contributed by atoms with Gasteiger partial charge >= 0.3 is 0 Å². The van der Waals surface area contributed by atoms with Gasteiger partial charge in [0, 0.05) is 4.47 Å². The highest BCUT2D eigenvalue weighted by Gasteiger charge is 2.34. The van der Waals surface area contributed by atoms with E-state index in [1.54, 1.807) is 0 Å². The number of aliphatic hydroxyl groups is 1. The molecule has 16 heavy (non-hydrogen) atoms. The number of halogens is 3. The monoisotopic (exact) mass is 324 g/mol. The van der Waals surface area contributed by atoms with Crippen molar-refractivity contribution in [3.63, 3.8) is 0 Å². The largest absolute Gasteiger partial charge is 0.390 e. The van der Waals surface area contributed by atoms with Gasteiger partial charge in [0.2, 0.25) is 0 Å². The van der Waals surface area contributed by atoms with Crippen molar-refractivity contribution in [1.82, 2.24) is 0 Å². The van der Waals surface area contributed by atoms with E-state index in [9.17, 15) is 5.11 Å². The van der Waals surface area contributed by atoms with Crippen LogP contribution in [-0.2, 0) is 4.33 Å². The van der Waals surface area contributed by atoms with Crippen LogP contribution in [0.5, 0.6) is 0 Å². The van der Waals surface area contributed by atoms with Crippen molar-refractivity contribution in [3.05, 3.63) is 34.3 Å². The van der Waals surface area contributed by atoms with Crippen LogP contribution in [-0.4, -0.2) is 11.2 Å². The molecule has 0 saturated heterocycles. The van der Waals surface area contributed by atoms with Gasteiger partial charge in [-0.3, -0.25) is 0 Å². The van der Waals surface area contributed by atoms with Gasteiger partial charge in [-0.2, -0.15) is 0 Å². The molecule has 0 heterocycles. The first kappa shape index (κ1) is 14.3. The van der Waals surface area contributed by atoms with Crippen molar-refractivity contribution in [2.24, 2.45) is 0 Å². The fraction of sp³-hybridized carbons (Fsp3) is 0.500. The normalized spacial score (nSPS) is 13.8. The van der Waals surface area contributed by atoms with Crippen LogP contribution in [0.1, 0.15) is 31.7 Å². The third-order valence-corrected chi connectivity index (χ3v) is 3.95. The average Bonchev–Trinajstić information content (AvgIpc) is 2.26. The minimum atomic E-state index is -1.23. The van der Waals surface area contributed by atoms with E-state index in [0.29, 0.717) is 6.42 Å². The highest BCUT2D eigenvalue weighted by molar-refractivity contribution is 9.10. The van der Waals surface area contributed by atoms with Crippen LogP contribution in [0.4, 0.5) is 0 Å². The summed E-state index contributed by atoms with van der Waals surface area (Å²) < 4.78 is -0.265. The second-order valence-corrected chi connectivity index (χ2v) is 6.09. The Morgan fingerprint density at radius 2 is 1.88 bits per heavy atom. The number of hydrogen-bond acceptors (Lipinski definition) is 1. The molecule has 1 N–H and O–H groups in total. The number of benzene rings is 1. The molecule has 1 nitrogen and oxygen atoms in total. The van der Waals surface area contributed by atoms with Gasteiger partial charge in [0.1, 0.15) is 0 Å². The number of rotatable bonds is 5. The molecule has 0 aliphatic rings. The fourth-order valence-electron chi connectivity index (χ4n) is 1.44. The molecule has 1 rings (SSSR count). The second-order valence-electron chi connectivity index (χ2n) is 3.79. The van der Waals surface area contributed by atoms with E-state index in [0.717, 1.165) is 22.9 Å². The first-order valence-corrected chi connectivity index (χ1v) is 6.85. The molecule has 0 bridgehead atoms. The molecule has 0 amide bonds. The number of alkyl halides is 2. The first-order valence-electron chi connectivity index (χ1n) is 5.30. The smallest absolute Gasteiger partial charge is 0.168 e. The van der Waals surface area contributed by atoms with Crippen LogP contribution < -0.4 is 0 Å². The average molecular weight is 326 g/mol. The molecule has 1 aromatic rings. The summed E-state index contributed by atoms with van der Waals surface area (Å²) in [6.07, 6.45) is 1.80. The summed E-state index contributed by atoms with van der Waals surface area (Å²) in [7, 11) is 0. The van der Waals surface area contributed by atoms with Crippen molar-refractivity contribution < 1.29 is 5.11 Å². The van der Waals surface area contributed by atoms with Crippen LogP contribution in [0.25, 0.3) is 0 Å². The predicted octanol–water partition coefficient (Wildman–Crippen LogP) is 4.63. The lowest BCUT2D eigenvalue weighted by Crippen LogP contribution is -2.28. The summed E-state index contributed by atoms with van der Waals surface area (Å²) in [5, 5.41) is 9.96. The topological polar surface area (TPSA) is 20.2 Å². The van der Waals surface area contributed by atoms with Crippen LogP contribution in [0, 0.1) is 0 Å². The molecule has 4 heteroatoms. The number of aliphatic hydroxyl groups excluding tert-OH is 1. The molecule has 1 unspecified atom stereocenters. The molecule has 0 saturated carbocycles. The third kappa shape index (κ3) is 3.63. The molecule has 0 aliphatic heterocycles. The van der Waals surface area contributed by atoms with E-state index in [2.05, 4.69) is 22.9 Å². The van der Waals surface area contributed by atoms with Crippen molar-refractivity contribution >= 4 is 39.1 Å². The summed E-state index contributed by atoms with van der Waals surface area (Å²) >= 11 is 15.7. The predicted molar refractivity (Wildman–Crippen MR) is 73.1 cm³/mol. The van der Waals surface area contributed by atoms with Gasteiger partial charge in [-0.15, -0.1) is 0 Å². The Morgan fingerprint density at radius 1 is 1.31 bits per heavy atom. The van der Waals surface area contributed by atoms with Gasteiger partial charge in [0.05, 0.1) is 6.10 Å². The quantitative estimate of drug-likeness (QED) is 0.782. The van der Waals surface area contributed by atoms with E-state index < -0.39 is 10.4 Å². The van der Waals surface area contributed by atoms with Crippen LogP contribution in [0.15, 0.2) is 28.7 Å². The maximum Gasteiger partial charge on any atom is 0.168 e. The van der Waals surface area contributed by atoms with E-state index >= 15 is 0 Å². The van der Waals surface area contributed by atoms with Crippen molar-refractivity contribution in [2.45, 2.75) is 36.6 Å². The Morgan fingerprint density at radius 3 is 2.38 bits per heavy atom. The molecule has 90 valence electrons. The second kappa shape index (κ2) is 6.25. The maximum atomic E-state index is 9.96. The molecular formula is C12H15BrCl2O. The standard InChI is InChI=1S/C12H15BrCl2O/c1-2-3-4-11(16)12(14,15)9-5-7-10(13)8-6-9/h5-8,11,16H,2-4H2,1H3. The SMILES string of the molecule is CCCCC(O)C(Cl)(Cl)c1ccc(Br)cc1. The maximum absolute atomic E-state index is 9.96. The molecule has 0 aromatic heterocycles.